The number of carboxylic acid groups (broad SMARTS) is 2. The van der Waals surface area contributed by atoms with Gasteiger partial charge in [-0.05, 0) is 36.0 Å². The molecule has 0 aromatic heterocycles. The molecule has 13 heteroatoms. The maximum Gasteiger partial charge on any atom is 0.336 e. The molecule has 2 aromatic carbocycles. The molecule has 1 heterocycles. The second-order valence-corrected chi connectivity index (χ2v) is 10.6. The summed E-state index contributed by atoms with van der Waals surface area (Å²) in [4.78, 5) is 57.2. The molecule has 0 spiro atoms. The standard InChI is InChI=1S/C34H34N2O9.C2H4O2/c1-5-35(14-17-42-22(2)37)25-10-12-29-31(20-25)45-32-21-26(36(15-18-43-23(3)38)16-19-44-24(4)39)11-13-30(32)33(29)27-8-6-7-9-28(27)34(40)41;1-2(3)4/h5-13,20-21H,1,14-19H2,2-4H3;1H3,(H,3,4)/p+1. The molecule has 0 saturated carbocycles. The van der Waals surface area contributed by atoms with Crippen molar-refractivity contribution in [3.8, 4) is 22.5 Å². The highest BCUT2D eigenvalue weighted by atomic mass is 16.5. The fourth-order valence-corrected chi connectivity index (χ4v) is 5.00. The third kappa shape index (κ3) is 10.8. The first-order valence-corrected chi connectivity index (χ1v) is 15.2. The Morgan fingerprint density at radius 1 is 0.796 bits per heavy atom. The lowest BCUT2D eigenvalue weighted by Crippen LogP contribution is -2.36. The zero-order chi connectivity index (χ0) is 36.1. The predicted molar refractivity (Wildman–Crippen MR) is 181 cm³/mol. The van der Waals surface area contributed by atoms with E-state index in [9.17, 15) is 24.3 Å². The van der Waals surface area contributed by atoms with Gasteiger partial charge in [-0.1, -0.05) is 24.8 Å². The summed E-state index contributed by atoms with van der Waals surface area (Å²) in [6, 6.07) is 17.9. The highest BCUT2D eigenvalue weighted by Crippen LogP contribution is 2.42. The van der Waals surface area contributed by atoms with Crippen LogP contribution in [0.2, 0.25) is 0 Å². The fourth-order valence-electron chi connectivity index (χ4n) is 5.00. The van der Waals surface area contributed by atoms with E-state index in [1.807, 2.05) is 45.9 Å². The highest BCUT2D eigenvalue weighted by Gasteiger charge is 2.23. The maximum absolute atomic E-state index is 12.3. The van der Waals surface area contributed by atoms with Crippen LogP contribution < -0.4 is 14.8 Å². The average molecular weight is 676 g/mol. The van der Waals surface area contributed by atoms with E-state index in [0.717, 1.165) is 12.6 Å². The molecular weight excluding hydrogens is 636 g/mol. The Kier molecular flexibility index (Phi) is 13.6. The number of carboxylic acids is 2. The Morgan fingerprint density at radius 2 is 1.39 bits per heavy atom. The van der Waals surface area contributed by atoms with Crippen LogP contribution in [0, 0.1) is 0 Å². The number of hydrogen-bond acceptors (Lipinski definition) is 10. The van der Waals surface area contributed by atoms with Crippen LogP contribution in [0.15, 0.2) is 77.9 Å². The number of nitrogens with zero attached hydrogens (tertiary/aromatic N) is 2. The molecule has 13 nitrogen and oxygen atoms in total. The summed E-state index contributed by atoms with van der Waals surface area (Å²) >= 11 is 0. The molecule has 0 atom stereocenters. The summed E-state index contributed by atoms with van der Waals surface area (Å²) in [6.45, 7) is 10.4. The Morgan fingerprint density at radius 3 is 1.96 bits per heavy atom. The summed E-state index contributed by atoms with van der Waals surface area (Å²) < 4.78 is 23.8. The predicted octanol–water partition coefficient (Wildman–Crippen LogP) is 4.41. The van der Waals surface area contributed by atoms with Gasteiger partial charge in [0.2, 0.25) is 5.36 Å². The van der Waals surface area contributed by atoms with E-state index in [0.29, 0.717) is 58.4 Å². The highest BCUT2D eigenvalue weighted by molar-refractivity contribution is 6.07. The van der Waals surface area contributed by atoms with Gasteiger partial charge in [-0.25, -0.2) is 9.37 Å². The topological polar surface area (TPSA) is 173 Å². The number of carbonyl (C=O) groups excluding carboxylic acids is 3. The Labute approximate surface area is 282 Å². The van der Waals surface area contributed by atoms with E-state index < -0.39 is 23.9 Å². The van der Waals surface area contributed by atoms with E-state index in [1.54, 1.807) is 30.5 Å². The SMILES string of the molecule is C=CN(CCOC(C)=O)c1ccc2c(-c3ccccc3C(=O)O)c3ccc(=[N+](CCOC(C)=O)CCOC(C)=O)cc-3oc2c1.CC(=O)O. The van der Waals surface area contributed by atoms with E-state index in [1.165, 1.54) is 20.8 Å². The molecule has 0 amide bonds. The molecule has 49 heavy (non-hydrogen) atoms. The summed E-state index contributed by atoms with van der Waals surface area (Å²) in [7, 11) is 0. The second kappa shape index (κ2) is 17.8. The van der Waals surface area contributed by atoms with Gasteiger partial charge in [0.25, 0.3) is 5.97 Å². The number of aliphatic carboxylic acids is 1. The third-order valence-corrected chi connectivity index (χ3v) is 7.00. The smallest absolute Gasteiger partial charge is 0.336 e. The number of esters is 3. The Hall–Kier alpha value is -5.98. The largest absolute Gasteiger partial charge is 0.481 e. The van der Waals surface area contributed by atoms with Gasteiger partial charge in [0.1, 0.15) is 31.2 Å². The number of hydrogen-bond donors (Lipinski definition) is 2. The molecule has 1 aliphatic carbocycles. The average Bonchev–Trinajstić information content (AvgIpc) is 3.03. The first kappa shape index (κ1) is 37.5. The van der Waals surface area contributed by atoms with E-state index in [2.05, 4.69) is 6.58 Å². The molecule has 258 valence electrons. The first-order valence-electron chi connectivity index (χ1n) is 15.2. The fraction of sp³-hybridized carbons (Fsp3) is 0.278. The van der Waals surface area contributed by atoms with Gasteiger partial charge in [-0.15, -0.1) is 0 Å². The maximum atomic E-state index is 12.3. The zero-order valence-corrected chi connectivity index (χ0v) is 27.8. The molecule has 0 bridgehead atoms. The van der Waals surface area contributed by atoms with Crippen molar-refractivity contribution in [2.45, 2.75) is 27.7 Å². The van der Waals surface area contributed by atoms with Crippen molar-refractivity contribution in [3.63, 3.8) is 0 Å². The molecule has 2 N–H and O–H groups in total. The minimum atomic E-state index is -1.06. The molecule has 0 unspecified atom stereocenters. The van der Waals surface area contributed by atoms with Crippen molar-refractivity contribution in [2.24, 2.45) is 0 Å². The van der Waals surface area contributed by atoms with Crippen LogP contribution in [0.25, 0.3) is 33.4 Å². The lowest BCUT2D eigenvalue weighted by Gasteiger charge is -2.22. The van der Waals surface area contributed by atoms with Crippen molar-refractivity contribution < 1.29 is 52.8 Å². The molecule has 0 saturated heterocycles. The summed E-state index contributed by atoms with van der Waals surface area (Å²) in [5, 5.41) is 18.9. The van der Waals surface area contributed by atoms with Crippen molar-refractivity contribution >= 4 is 46.5 Å². The van der Waals surface area contributed by atoms with Gasteiger partial charge < -0.3 is 33.7 Å². The number of anilines is 1. The van der Waals surface area contributed by atoms with Crippen molar-refractivity contribution in [1.29, 1.82) is 0 Å². The number of aromatic carboxylic acids is 1. The van der Waals surface area contributed by atoms with Gasteiger partial charge in [0.05, 0.1) is 18.2 Å². The van der Waals surface area contributed by atoms with Gasteiger partial charge in [-0.2, -0.15) is 0 Å². The third-order valence-electron chi connectivity index (χ3n) is 7.00. The normalized spacial score (nSPS) is 10.4. The van der Waals surface area contributed by atoms with E-state index >= 15 is 0 Å². The van der Waals surface area contributed by atoms with Crippen LogP contribution >= 0.6 is 0 Å². The van der Waals surface area contributed by atoms with Crippen LogP contribution in [0.5, 0.6) is 0 Å². The van der Waals surface area contributed by atoms with Gasteiger partial charge in [0, 0.05) is 62.0 Å². The minimum Gasteiger partial charge on any atom is -0.481 e. The van der Waals surface area contributed by atoms with Crippen LogP contribution in [-0.2, 0) is 33.4 Å². The van der Waals surface area contributed by atoms with Crippen LogP contribution in [0.4, 0.5) is 5.69 Å². The van der Waals surface area contributed by atoms with Gasteiger partial charge in [-0.3, -0.25) is 19.2 Å². The Balaban J connectivity index is 0.00000154. The lowest BCUT2D eigenvalue weighted by molar-refractivity contribution is -0.142. The lowest BCUT2D eigenvalue weighted by atomic mass is 9.90. The molecule has 4 rings (SSSR count). The number of benzene rings is 3. The number of ether oxygens (including phenoxy) is 3. The second-order valence-electron chi connectivity index (χ2n) is 10.6. The van der Waals surface area contributed by atoms with Crippen LogP contribution in [-0.4, -0.2) is 79.5 Å². The quantitative estimate of drug-likeness (QED) is 0.0886. The molecule has 1 aliphatic heterocycles. The molecule has 2 aliphatic rings. The van der Waals surface area contributed by atoms with Gasteiger partial charge >= 0.3 is 23.9 Å². The monoisotopic (exact) mass is 675 g/mol. The van der Waals surface area contributed by atoms with Crippen molar-refractivity contribution in [3.05, 3.63) is 84.4 Å². The number of carbonyl (C=O) groups is 5. The summed E-state index contributed by atoms with van der Waals surface area (Å²) in [5.74, 6) is -2.62. The molecular formula is C36H39N2O11+. The van der Waals surface area contributed by atoms with E-state index in [-0.39, 0.29) is 31.4 Å². The van der Waals surface area contributed by atoms with E-state index in [4.69, 9.17) is 28.5 Å². The first-order chi connectivity index (χ1) is 23.3. The summed E-state index contributed by atoms with van der Waals surface area (Å²) in [5.41, 5.74) is 3.23. The Bertz CT molecular complexity index is 1870. The molecule has 0 radical (unpaired) electrons. The van der Waals surface area contributed by atoms with Crippen molar-refractivity contribution in [1.82, 2.24) is 4.58 Å². The zero-order valence-electron chi connectivity index (χ0n) is 27.8. The van der Waals surface area contributed by atoms with Crippen LogP contribution in [0.3, 0.4) is 0 Å². The van der Waals surface area contributed by atoms with Gasteiger partial charge in [0.15, 0.2) is 13.1 Å². The minimum absolute atomic E-state index is 0.119. The number of fused-ring (bicyclic) bond motifs is 2. The van der Waals surface area contributed by atoms with Crippen molar-refractivity contribution in [2.75, 3.05) is 44.4 Å². The molecule has 0 fully saturated rings. The summed E-state index contributed by atoms with van der Waals surface area (Å²) in [6.07, 6.45) is 1.62. The number of rotatable bonds is 13. The van der Waals surface area contributed by atoms with Crippen LogP contribution in [0.1, 0.15) is 38.1 Å². The molecule has 2 aromatic rings.